The summed E-state index contributed by atoms with van der Waals surface area (Å²) < 4.78 is 5.39. The van der Waals surface area contributed by atoms with Crippen molar-refractivity contribution in [3.63, 3.8) is 0 Å². The van der Waals surface area contributed by atoms with Crippen LogP contribution in [-0.2, 0) is 9.53 Å². The molecule has 1 aliphatic heterocycles. The third kappa shape index (κ3) is 2.86. The number of carboxylic acids is 1. The number of rotatable bonds is 4. The van der Waals surface area contributed by atoms with Gasteiger partial charge in [0.05, 0.1) is 12.0 Å². The highest BCUT2D eigenvalue weighted by Gasteiger charge is 2.43. The number of aliphatic carboxylic acids is 1. The van der Waals surface area contributed by atoms with Crippen molar-refractivity contribution >= 4 is 5.97 Å². The van der Waals surface area contributed by atoms with Crippen LogP contribution in [0.4, 0.5) is 0 Å². The molecular formula is C14H25NO3. The minimum atomic E-state index is -0.611. The Labute approximate surface area is 109 Å². The molecule has 3 atom stereocenters. The van der Waals surface area contributed by atoms with E-state index >= 15 is 0 Å². The van der Waals surface area contributed by atoms with Gasteiger partial charge in [-0.2, -0.15) is 0 Å². The number of carbonyl (C=O) groups is 1. The fraction of sp³-hybridized carbons (Fsp3) is 0.929. The first-order valence-electron chi connectivity index (χ1n) is 7.05. The van der Waals surface area contributed by atoms with Gasteiger partial charge in [-0.05, 0) is 32.2 Å². The van der Waals surface area contributed by atoms with Gasteiger partial charge in [0.2, 0.25) is 0 Å². The van der Waals surface area contributed by atoms with E-state index in [-0.39, 0.29) is 0 Å². The molecule has 4 nitrogen and oxygen atoms in total. The van der Waals surface area contributed by atoms with Crippen molar-refractivity contribution in [2.75, 3.05) is 26.8 Å². The zero-order valence-electron chi connectivity index (χ0n) is 11.5. The van der Waals surface area contributed by atoms with Crippen molar-refractivity contribution in [3.8, 4) is 0 Å². The van der Waals surface area contributed by atoms with Gasteiger partial charge in [-0.15, -0.1) is 0 Å². The molecule has 1 N–H and O–H groups in total. The molecule has 1 saturated carbocycles. The first-order valence-corrected chi connectivity index (χ1v) is 7.05. The maximum atomic E-state index is 11.7. The third-order valence-corrected chi connectivity index (χ3v) is 4.63. The predicted octanol–water partition coefficient (Wildman–Crippen LogP) is 1.99. The lowest BCUT2D eigenvalue weighted by Gasteiger charge is -2.40. The van der Waals surface area contributed by atoms with E-state index in [1.165, 1.54) is 6.42 Å². The highest BCUT2D eigenvalue weighted by molar-refractivity contribution is 5.75. The van der Waals surface area contributed by atoms with E-state index < -0.39 is 11.4 Å². The predicted molar refractivity (Wildman–Crippen MR) is 69.6 cm³/mol. The van der Waals surface area contributed by atoms with Gasteiger partial charge in [-0.3, -0.25) is 9.69 Å². The van der Waals surface area contributed by atoms with E-state index in [4.69, 9.17) is 4.74 Å². The number of carboxylic acid groups (broad SMARTS) is 1. The van der Waals surface area contributed by atoms with Crippen molar-refractivity contribution in [1.29, 1.82) is 0 Å². The maximum Gasteiger partial charge on any atom is 0.310 e. The lowest BCUT2D eigenvalue weighted by atomic mass is 9.69. The van der Waals surface area contributed by atoms with Gasteiger partial charge in [0.1, 0.15) is 0 Å². The van der Waals surface area contributed by atoms with Gasteiger partial charge >= 0.3 is 5.97 Å². The topological polar surface area (TPSA) is 49.8 Å². The molecule has 0 radical (unpaired) electrons. The van der Waals surface area contributed by atoms with E-state index in [1.807, 2.05) is 7.05 Å². The monoisotopic (exact) mass is 255 g/mol. The number of ether oxygens (including phenoxy) is 1. The maximum absolute atomic E-state index is 11.7. The van der Waals surface area contributed by atoms with Crippen molar-refractivity contribution in [1.82, 2.24) is 4.90 Å². The Morgan fingerprint density at radius 1 is 1.50 bits per heavy atom. The molecule has 4 heteroatoms. The zero-order valence-corrected chi connectivity index (χ0v) is 11.5. The van der Waals surface area contributed by atoms with Crippen LogP contribution in [0.2, 0.25) is 0 Å². The molecule has 2 aliphatic rings. The average molecular weight is 255 g/mol. The van der Waals surface area contributed by atoms with Crippen LogP contribution in [0, 0.1) is 11.3 Å². The Hall–Kier alpha value is -0.610. The molecule has 1 aliphatic carbocycles. The van der Waals surface area contributed by atoms with Gasteiger partial charge < -0.3 is 9.84 Å². The number of likely N-dealkylation sites (N-methyl/N-ethyl adjacent to an activating group) is 1. The molecule has 0 aromatic rings. The average Bonchev–Trinajstić information content (AvgIpc) is 2.82. The first-order chi connectivity index (χ1) is 8.53. The Morgan fingerprint density at radius 3 is 2.83 bits per heavy atom. The van der Waals surface area contributed by atoms with Crippen LogP contribution < -0.4 is 0 Å². The fourth-order valence-corrected chi connectivity index (χ4v) is 3.54. The van der Waals surface area contributed by atoms with E-state index in [0.717, 1.165) is 38.9 Å². The summed E-state index contributed by atoms with van der Waals surface area (Å²) in [6.45, 7) is 4.41. The van der Waals surface area contributed by atoms with Gasteiger partial charge in [0.15, 0.2) is 0 Å². The second-order valence-electron chi connectivity index (χ2n) is 6.22. The number of hydrogen-bond donors (Lipinski definition) is 1. The summed E-state index contributed by atoms with van der Waals surface area (Å²) in [5.74, 6) is -0.0807. The Morgan fingerprint density at radius 2 is 2.28 bits per heavy atom. The summed E-state index contributed by atoms with van der Waals surface area (Å²) in [5, 5.41) is 9.64. The molecular weight excluding hydrogens is 230 g/mol. The summed E-state index contributed by atoms with van der Waals surface area (Å²) >= 11 is 0. The van der Waals surface area contributed by atoms with E-state index in [0.29, 0.717) is 18.5 Å². The van der Waals surface area contributed by atoms with Gasteiger partial charge in [0, 0.05) is 19.2 Å². The third-order valence-electron chi connectivity index (χ3n) is 4.63. The van der Waals surface area contributed by atoms with E-state index in [1.54, 1.807) is 0 Å². The van der Waals surface area contributed by atoms with Gasteiger partial charge in [0.25, 0.3) is 0 Å². The van der Waals surface area contributed by atoms with E-state index in [2.05, 4.69) is 11.8 Å². The van der Waals surface area contributed by atoms with Crippen molar-refractivity contribution in [2.45, 2.75) is 45.1 Å². The van der Waals surface area contributed by atoms with Crippen LogP contribution in [-0.4, -0.2) is 48.8 Å². The minimum absolute atomic E-state index is 0.401. The summed E-state index contributed by atoms with van der Waals surface area (Å²) in [4.78, 5) is 13.9. The molecule has 0 bridgehead atoms. The van der Waals surface area contributed by atoms with E-state index in [9.17, 15) is 9.90 Å². The Bertz CT molecular complexity index is 301. The van der Waals surface area contributed by atoms with Gasteiger partial charge in [-0.1, -0.05) is 19.8 Å². The summed E-state index contributed by atoms with van der Waals surface area (Å²) in [6, 6.07) is 0.401. The summed E-state index contributed by atoms with van der Waals surface area (Å²) in [7, 11) is 2.04. The van der Waals surface area contributed by atoms with Crippen LogP contribution in [0.5, 0.6) is 0 Å². The Kier molecular flexibility index (Phi) is 4.28. The van der Waals surface area contributed by atoms with Crippen LogP contribution in [0.15, 0.2) is 0 Å². The highest BCUT2D eigenvalue weighted by Crippen LogP contribution is 2.40. The first kappa shape index (κ1) is 13.8. The number of nitrogens with zero attached hydrogens (tertiary/aromatic N) is 1. The summed E-state index contributed by atoms with van der Waals surface area (Å²) in [6.07, 6.45) is 4.89. The smallest absolute Gasteiger partial charge is 0.310 e. The quantitative estimate of drug-likeness (QED) is 0.834. The molecule has 0 aromatic heterocycles. The minimum Gasteiger partial charge on any atom is -0.481 e. The standard InChI is InChI=1S/C14H25NO3/c1-11-4-3-6-14(8-11,13(16)17)10-15(2)12-5-7-18-9-12/h11-12H,3-10H2,1-2H3,(H,16,17). The largest absolute Gasteiger partial charge is 0.481 e. The zero-order chi connectivity index (χ0) is 13.2. The molecule has 2 fully saturated rings. The van der Waals surface area contributed by atoms with Crippen LogP contribution >= 0.6 is 0 Å². The van der Waals surface area contributed by atoms with Crippen molar-refractivity contribution in [3.05, 3.63) is 0 Å². The normalized spacial score (nSPS) is 37.1. The molecule has 3 unspecified atom stereocenters. The van der Waals surface area contributed by atoms with Crippen molar-refractivity contribution < 1.29 is 14.6 Å². The second-order valence-corrected chi connectivity index (χ2v) is 6.22. The molecule has 0 amide bonds. The molecule has 0 spiro atoms. The molecule has 2 rings (SSSR count). The SMILES string of the molecule is CC1CCCC(CN(C)C2CCOC2)(C(=O)O)C1. The molecule has 0 aromatic carbocycles. The van der Waals surface area contributed by atoms with Crippen molar-refractivity contribution in [2.24, 2.45) is 11.3 Å². The Balaban J connectivity index is 2.03. The number of hydrogen-bond acceptors (Lipinski definition) is 3. The van der Waals surface area contributed by atoms with Crippen LogP contribution in [0.25, 0.3) is 0 Å². The molecule has 104 valence electrons. The lowest BCUT2D eigenvalue weighted by molar-refractivity contribution is -0.153. The highest BCUT2D eigenvalue weighted by atomic mass is 16.5. The second kappa shape index (κ2) is 5.57. The fourth-order valence-electron chi connectivity index (χ4n) is 3.54. The molecule has 18 heavy (non-hydrogen) atoms. The summed E-state index contributed by atoms with van der Waals surface area (Å²) in [5.41, 5.74) is -0.533. The van der Waals surface area contributed by atoms with Gasteiger partial charge in [-0.25, -0.2) is 0 Å². The lowest BCUT2D eigenvalue weighted by Crippen LogP contribution is -2.47. The van der Waals surface area contributed by atoms with Crippen LogP contribution in [0.1, 0.15) is 39.0 Å². The van der Waals surface area contributed by atoms with Crippen LogP contribution in [0.3, 0.4) is 0 Å². The molecule has 1 heterocycles. The molecule has 1 saturated heterocycles.